The second kappa shape index (κ2) is 2.81. The van der Waals surface area contributed by atoms with Crippen molar-refractivity contribution in [2.24, 2.45) is 21.9 Å². The summed E-state index contributed by atoms with van der Waals surface area (Å²) in [6.45, 7) is 0. The molecule has 1 aliphatic heterocycles. The van der Waals surface area contributed by atoms with Crippen LogP contribution in [0.5, 0.6) is 0 Å². The molecule has 0 saturated carbocycles. The highest BCUT2D eigenvalue weighted by molar-refractivity contribution is 9.12. The monoisotopic (exact) mass is 289 g/mol. The molecule has 1 atom stereocenters. The molecule has 0 unspecified atom stereocenters. The molecular formula is C7H5Br2N3. The third-order valence-corrected chi connectivity index (χ3v) is 3.11. The summed E-state index contributed by atoms with van der Waals surface area (Å²) in [5.74, 6) is 0.0405. The molecule has 0 amide bonds. The highest BCUT2D eigenvalue weighted by Crippen LogP contribution is 2.31. The van der Waals surface area contributed by atoms with Gasteiger partial charge in [-0.15, -0.1) is 0 Å². The van der Waals surface area contributed by atoms with Gasteiger partial charge in [0.25, 0.3) is 0 Å². The lowest BCUT2D eigenvalue weighted by Gasteiger charge is -2.16. The van der Waals surface area contributed by atoms with Crippen LogP contribution in [0.15, 0.2) is 30.9 Å². The lowest BCUT2D eigenvalue weighted by atomic mass is 9.97. The summed E-state index contributed by atoms with van der Waals surface area (Å²) in [6.07, 6.45) is 3.62. The molecule has 0 aromatic carbocycles. The Kier molecular flexibility index (Phi) is 1.92. The van der Waals surface area contributed by atoms with E-state index in [0.29, 0.717) is 0 Å². The minimum Gasteiger partial charge on any atom is -0.400 e. The summed E-state index contributed by atoms with van der Waals surface area (Å²) in [6, 6.07) is 0. The van der Waals surface area contributed by atoms with Gasteiger partial charge in [0, 0.05) is 20.9 Å². The number of allylic oxidation sites excluding steroid dienone is 4. The first-order chi connectivity index (χ1) is 5.70. The number of rotatable bonds is 0. The zero-order valence-corrected chi connectivity index (χ0v) is 9.13. The molecule has 1 heterocycles. The third kappa shape index (κ3) is 1.08. The molecule has 1 aliphatic carbocycles. The fraction of sp³-hybridized carbons (Fsp3) is 0.143. The van der Waals surface area contributed by atoms with E-state index in [1.54, 1.807) is 6.21 Å². The van der Waals surface area contributed by atoms with Crippen LogP contribution in [0.3, 0.4) is 0 Å². The first-order valence-corrected chi connectivity index (χ1v) is 4.92. The first kappa shape index (κ1) is 8.19. The van der Waals surface area contributed by atoms with Gasteiger partial charge >= 0.3 is 0 Å². The van der Waals surface area contributed by atoms with Crippen LogP contribution in [0.25, 0.3) is 0 Å². The zero-order valence-electron chi connectivity index (χ0n) is 5.96. The van der Waals surface area contributed by atoms with Crippen molar-refractivity contribution >= 4 is 43.8 Å². The van der Waals surface area contributed by atoms with Gasteiger partial charge in [-0.2, -0.15) is 10.2 Å². The molecule has 0 fully saturated rings. The third-order valence-electron chi connectivity index (χ3n) is 1.78. The number of hydrogen-bond acceptors (Lipinski definition) is 3. The van der Waals surface area contributed by atoms with Crippen LogP contribution < -0.4 is 5.73 Å². The highest BCUT2D eigenvalue weighted by Gasteiger charge is 2.28. The molecule has 3 nitrogen and oxygen atoms in total. The number of halogens is 2. The van der Waals surface area contributed by atoms with Gasteiger partial charge < -0.3 is 5.73 Å². The van der Waals surface area contributed by atoms with E-state index in [-0.39, 0.29) is 5.92 Å². The number of hydrogen-bond donors (Lipinski definition) is 1. The average molecular weight is 291 g/mol. The van der Waals surface area contributed by atoms with Gasteiger partial charge in [0.1, 0.15) is 0 Å². The topological polar surface area (TPSA) is 50.7 Å². The molecule has 12 heavy (non-hydrogen) atoms. The number of fused-ring (bicyclic) bond motifs is 1. The molecule has 2 rings (SSSR count). The van der Waals surface area contributed by atoms with Gasteiger partial charge in [-0.3, -0.25) is 0 Å². The molecule has 62 valence electrons. The second-order valence-electron chi connectivity index (χ2n) is 2.52. The van der Waals surface area contributed by atoms with Crippen LogP contribution in [0, 0.1) is 5.92 Å². The molecule has 0 saturated heterocycles. The Morgan fingerprint density at radius 1 is 1.42 bits per heavy atom. The standard InChI is InChI=1S/C7H5Br2N3/c8-4-1-5(9)7-3(6(4)10)2-11-12-7/h1-3H,10H2/t3-/m1/s1. The fourth-order valence-electron chi connectivity index (χ4n) is 1.14. The van der Waals surface area contributed by atoms with Gasteiger partial charge in [0.05, 0.1) is 11.6 Å². The quantitative estimate of drug-likeness (QED) is 0.728. The Hall–Kier alpha value is -0.420. The van der Waals surface area contributed by atoms with Gasteiger partial charge in [-0.1, -0.05) is 0 Å². The maximum atomic E-state index is 5.82. The molecule has 0 spiro atoms. The highest BCUT2D eigenvalue weighted by atomic mass is 79.9. The van der Waals surface area contributed by atoms with Crippen molar-refractivity contribution in [2.45, 2.75) is 0 Å². The second-order valence-corrected chi connectivity index (χ2v) is 4.23. The van der Waals surface area contributed by atoms with Crippen LogP contribution >= 0.6 is 31.9 Å². The summed E-state index contributed by atoms with van der Waals surface area (Å²) in [5.41, 5.74) is 7.47. The van der Waals surface area contributed by atoms with E-state index in [1.165, 1.54) is 0 Å². The molecule has 2 aliphatic rings. The largest absolute Gasteiger partial charge is 0.400 e. The minimum absolute atomic E-state index is 0.0405. The fourth-order valence-corrected chi connectivity index (χ4v) is 2.47. The molecule has 0 bridgehead atoms. The van der Waals surface area contributed by atoms with Crippen molar-refractivity contribution in [2.75, 3.05) is 0 Å². The lowest BCUT2D eigenvalue weighted by molar-refractivity contribution is 1.08. The maximum Gasteiger partial charge on any atom is 0.0916 e. The average Bonchev–Trinajstić information content (AvgIpc) is 2.48. The van der Waals surface area contributed by atoms with Gasteiger partial charge in [-0.25, -0.2) is 0 Å². The Balaban J connectivity index is 2.53. The normalized spacial score (nSPS) is 27.0. The van der Waals surface area contributed by atoms with E-state index in [9.17, 15) is 0 Å². The predicted molar refractivity (Wildman–Crippen MR) is 56.6 cm³/mol. The molecule has 0 aromatic rings. The van der Waals surface area contributed by atoms with Crippen LogP contribution in [-0.2, 0) is 0 Å². The van der Waals surface area contributed by atoms with E-state index in [0.717, 1.165) is 20.4 Å². The summed E-state index contributed by atoms with van der Waals surface area (Å²) < 4.78 is 1.83. The van der Waals surface area contributed by atoms with Gasteiger partial charge in [0.2, 0.25) is 0 Å². The molecule has 2 N–H and O–H groups in total. The Bertz CT molecular complexity index is 352. The molecular weight excluding hydrogens is 286 g/mol. The maximum absolute atomic E-state index is 5.82. The van der Waals surface area contributed by atoms with Crippen LogP contribution in [0.1, 0.15) is 0 Å². The minimum atomic E-state index is 0.0405. The number of nitrogens with zero attached hydrogens (tertiary/aromatic N) is 2. The number of nitrogens with two attached hydrogens (primary N) is 1. The lowest BCUT2D eigenvalue weighted by Crippen LogP contribution is -2.24. The van der Waals surface area contributed by atoms with Crippen molar-refractivity contribution in [3.63, 3.8) is 0 Å². The van der Waals surface area contributed by atoms with Crippen LogP contribution in [0.4, 0.5) is 0 Å². The van der Waals surface area contributed by atoms with Crippen LogP contribution in [-0.4, -0.2) is 11.9 Å². The van der Waals surface area contributed by atoms with E-state index in [2.05, 4.69) is 42.1 Å². The van der Waals surface area contributed by atoms with E-state index < -0.39 is 0 Å². The predicted octanol–water partition coefficient (Wildman–Crippen LogP) is 1.90. The zero-order chi connectivity index (χ0) is 8.72. The van der Waals surface area contributed by atoms with Crippen molar-refractivity contribution in [3.05, 3.63) is 20.7 Å². The van der Waals surface area contributed by atoms with Crippen molar-refractivity contribution in [1.29, 1.82) is 0 Å². The molecule has 0 aromatic heterocycles. The van der Waals surface area contributed by atoms with Gasteiger partial charge in [-0.05, 0) is 37.9 Å². The van der Waals surface area contributed by atoms with E-state index >= 15 is 0 Å². The van der Waals surface area contributed by atoms with Crippen molar-refractivity contribution < 1.29 is 0 Å². The van der Waals surface area contributed by atoms with Crippen molar-refractivity contribution in [1.82, 2.24) is 0 Å². The van der Waals surface area contributed by atoms with E-state index in [4.69, 9.17) is 5.73 Å². The van der Waals surface area contributed by atoms with E-state index in [1.807, 2.05) is 6.08 Å². The Morgan fingerprint density at radius 3 is 2.92 bits per heavy atom. The summed E-state index contributed by atoms with van der Waals surface area (Å²) >= 11 is 6.76. The molecule has 5 heteroatoms. The van der Waals surface area contributed by atoms with Crippen LogP contribution in [0.2, 0.25) is 0 Å². The Morgan fingerprint density at radius 2 is 2.17 bits per heavy atom. The van der Waals surface area contributed by atoms with Gasteiger partial charge in [0.15, 0.2) is 0 Å². The summed E-state index contributed by atoms with van der Waals surface area (Å²) in [5, 5.41) is 7.78. The summed E-state index contributed by atoms with van der Waals surface area (Å²) in [4.78, 5) is 0. The first-order valence-electron chi connectivity index (χ1n) is 3.34. The smallest absolute Gasteiger partial charge is 0.0916 e. The summed E-state index contributed by atoms with van der Waals surface area (Å²) in [7, 11) is 0. The van der Waals surface area contributed by atoms with Crippen molar-refractivity contribution in [3.8, 4) is 0 Å². The molecule has 0 radical (unpaired) electrons. The SMILES string of the molecule is NC1=C(Br)C=C(Br)C2=NN=C[C@@H]21. The Labute approximate surface area is 86.4 Å².